The monoisotopic (exact) mass is 330 g/mol. The first kappa shape index (κ1) is 17.2. The quantitative estimate of drug-likeness (QED) is 0.413. The minimum atomic E-state index is 0.721. The van der Waals surface area contributed by atoms with Crippen molar-refractivity contribution in [3.63, 3.8) is 0 Å². The molecule has 2 aromatic rings. The molecule has 0 amide bonds. The number of para-hydroxylation sites is 1. The van der Waals surface area contributed by atoms with Crippen LogP contribution >= 0.6 is 11.6 Å². The SMILES string of the molecule is CN=C(NCCCNc1ccccc1)NCc1ccc(Cl)cc1. The molecule has 0 bridgehead atoms. The Morgan fingerprint density at radius 1 is 0.957 bits per heavy atom. The van der Waals surface area contributed by atoms with Gasteiger partial charge in [-0.25, -0.2) is 0 Å². The zero-order valence-electron chi connectivity index (χ0n) is 13.3. The van der Waals surface area contributed by atoms with E-state index in [1.807, 2.05) is 42.5 Å². The van der Waals surface area contributed by atoms with Crippen LogP contribution in [0, 0.1) is 0 Å². The second-order valence-corrected chi connectivity index (χ2v) is 5.56. The Labute approximate surface area is 143 Å². The van der Waals surface area contributed by atoms with Crippen molar-refractivity contribution in [2.24, 2.45) is 4.99 Å². The molecule has 0 aromatic heterocycles. The molecule has 122 valence electrons. The van der Waals surface area contributed by atoms with Crippen LogP contribution in [0.3, 0.4) is 0 Å². The van der Waals surface area contributed by atoms with Crippen LogP contribution in [0.4, 0.5) is 5.69 Å². The predicted molar refractivity (Wildman–Crippen MR) is 99.2 cm³/mol. The first-order valence-electron chi connectivity index (χ1n) is 7.76. The van der Waals surface area contributed by atoms with Crippen molar-refractivity contribution in [2.45, 2.75) is 13.0 Å². The summed E-state index contributed by atoms with van der Waals surface area (Å²) in [4.78, 5) is 4.22. The highest BCUT2D eigenvalue weighted by molar-refractivity contribution is 6.30. The summed E-state index contributed by atoms with van der Waals surface area (Å²) in [5.74, 6) is 0.805. The lowest BCUT2D eigenvalue weighted by molar-refractivity contribution is 0.762. The largest absolute Gasteiger partial charge is 0.385 e. The number of guanidine groups is 1. The predicted octanol–water partition coefficient (Wildman–Crippen LogP) is 3.51. The molecule has 0 saturated carbocycles. The van der Waals surface area contributed by atoms with Crippen LogP contribution < -0.4 is 16.0 Å². The van der Waals surface area contributed by atoms with Crippen molar-refractivity contribution in [2.75, 3.05) is 25.5 Å². The van der Waals surface area contributed by atoms with Gasteiger partial charge in [-0.1, -0.05) is 41.9 Å². The van der Waals surface area contributed by atoms with E-state index in [9.17, 15) is 0 Å². The van der Waals surface area contributed by atoms with E-state index in [1.165, 1.54) is 5.56 Å². The Hall–Kier alpha value is -2.20. The highest BCUT2D eigenvalue weighted by atomic mass is 35.5. The fourth-order valence-corrected chi connectivity index (χ4v) is 2.22. The van der Waals surface area contributed by atoms with Crippen LogP contribution in [0.5, 0.6) is 0 Å². The Morgan fingerprint density at radius 3 is 2.39 bits per heavy atom. The van der Waals surface area contributed by atoms with Gasteiger partial charge < -0.3 is 16.0 Å². The van der Waals surface area contributed by atoms with E-state index in [1.54, 1.807) is 7.05 Å². The highest BCUT2D eigenvalue weighted by Gasteiger charge is 1.98. The van der Waals surface area contributed by atoms with Gasteiger partial charge in [-0.3, -0.25) is 4.99 Å². The van der Waals surface area contributed by atoms with Gasteiger partial charge in [0, 0.05) is 37.4 Å². The van der Waals surface area contributed by atoms with Crippen LogP contribution in [0.2, 0.25) is 5.02 Å². The van der Waals surface area contributed by atoms with Crippen LogP contribution in [0.25, 0.3) is 0 Å². The summed E-state index contributed by atoms with van der Waals surface area (Å²) < 4.78 is 0. The summed E-state index contributed by atoms with van der Waals surface area (Å²) >= 11 is 5.88. The fourth-order valence-electron chi connectivity index (χ4n) is 2.09. The molecule has 0 radical (unpaired) electrons. The average molecular weight is 331 g/mol. The Kier molecular flexibility index (Phi) is 7.27. The molecular weight excluding hydrogens is 308 g/mol. The van der Waals surface area contributed by atoms with Gasteiger partial charge in [0.25, 0.3) is 0 Å². The number of hydrogen-bond donors (Lipinski definition) is 3. The lowest BCUT2D eigenvalue weighted by Crippen LogP contribution is -2.37. The number of anilines is 1. The number of aliphatic imine (C=N–C) groups is 1. The summed E-state index contributed by atoms with van der Waals surface area (Å²) in [5.41, 5.74) is 2.32. The van der Waals surface area contributed by atoms with Crippen molar-refractivity contribution < 1.29 is 0 Å². The van der Waals surface area contributed by atoms with Crippen molar-refractivity contribution in [1.29, 1.82) is 0 Å². The maximum absolute atomic E-state index is 5.88. The molecule has 0 saturated heterocycles. The minimum absolute atomic E-state index is 0.721. The van der Waals surface area contributed by atoms with E-state index < -0.39 is 0 Å². The summed E-state index contributed by atoms with van der Waals surface area (Å²) in [5, 5.41) is 10.7. The normalized spacial score (nSPS) is 11.1. The standard InChI is InChI=1S/C18H23ClN4/c1-20-18(23-14-15-8-10-16(19)11-9-15)22-13-5-12-21-17-6-3-2-4-7-17/h2-4,6-11,21H,5,12-14H2,1H3,(H2,20,22,23). The molecule has 2 rings (SSSR count). The number of nitrogens with zero attached hydrogens (tertiary/aromatic N) is 1. The van der Waals surface area contributed by atoms with E-state index in [2.05, 4.69) is 33.1 Å². The van der Waals surface area contributed by atoms with Gasteiger partial charge in [0.2, 0.25) is 0 Å². The van der Waals surface area contributed by atoms with Gasteiger partial charge in [-0.15, -0.1) is 0 Å². The molecule has 0 aliphatic rings. The molecule has 0 spiro atoms. The molecule has 0 aliphatic heterocycles. The summed E-state index contributed by atoms with van der Waals surface area (Å²) in [6, 6.07) is 18.0. The second-order valence-electron chi connectivity index (χ2n) is 5.13. The van der Waals surface area contributed by atoms with Crippen LogP contribution in [0.1, 0.15) is 12.0 Å². The van der Waals surface area contributed by atoms with Crippen molar-refractivity contribution in [1.82, 2.24) is 10.6 Å². The molecule has 23 heavy (non-hydrogen) atoms. The van der Waals surface area contributed by atoms with Crippen LogP contribution in [-0.2, 0) is 6.54 Å². The van der Waals surface area contributed by atoms with Gasteiger partial charge in [-0.05, 0) is 36.2 Å². The van der Waals surface area contributed by atoms with E-state index in [4.69, 9.17) is 11.6 Å². The van der Waals surface area contributed by atoms with Crippen molar-refractivity contribution in [3.05, 3.63) is 65.2 Å². The third kappa shape index (κ3) is 6.61. The summed E-state index contributed by atoms with van der Waals surface area (Å²) in [6.07, 6.45) is 1.01. The number of hydrogen-bond acceptors (Lipinski definition) is 2. The number of benzene rings is 2. The second kappa shape index (κ2) is 9.74. The van der Waals surface area contributed by atoms with E-state index >= 15 is 0 Å². The highest BCUT2D eigenvalue weighted by Crippen LogP contribution is 2.09. The zero-order valence-corrected chi connectivity index (χ0v) is 14.1. The first-order chi connectivity index (χ1) is 11.3. The number of rotatable bonds is 7. The molecule has 0 atom stereocenters. The average Bonchev–Trinajstić information content (AvgIpc) is 2.59. The smallest absolute Gasteiger partial charge is 0.191 e. The Balaban J connectivity index is 1.62. The minimum Gasteiger partial charge on any atom is -0.385 e. The van der Waals surface area contributed by atoms with E-state index in [0.717, 1.165) is 42.7 Å². The fraction of sp³-hybridized carbons (Fsp3) is 0.278. The van der Waals surface area contributed by atoms with E-state index in [0.29, 0.717) is 0 Å². The molecule has 3 N–H and O–H groups in total. The molecule has 0 unspecified atom stereocenters. The topological polar surface area (TPSA) is 48.5 Å². The molecule has 4 nitrogen and oxygen atoms in total. The zero-order chi connectivity index (χ0) is 16.3. The van der Waals surface area contributed by atoms with Crippen LogP contribution in [-0.4, -0.2) is 26.1 Å². The summed E-state index contributed by atoms with van der Waals surface area (Å²) in [6.45, 7) is 2.50. The lowest BCUT2D eigenvalue weighted by atomic mass is 10.2. The molecule has 0 fully saturated rings. The lowest BCUT2D eigenvalue weighted by Gasteiger charge is -2.12. The Bertz CT molecular complexity index is 596. The van der Waals surface area contributed by atoms with Gasteiger partial charge in [0.05, 0.1) is 0 Å². The van der Waals surface area contributed by atoms with Crippen molar-refractivity contribution >= 4 is 23.2 Å². The third-order valence-electron chi connectivity index (χ3n) is 3.35. The Morgan fingerprint density at radius 2 is 1.70 bits per heavy atom. The maximum Gasteiger partial charge on any atom is 0.191 e. The van der Waals surface area contributed by atoms with Crippen molar-refractivity contribution in [3.8, 4) is 0 Å². The molecule has 0 aliphatic carbocycles. The van der Waals surface area contributed by atoms with Gasteiger partial charge in [0.1, 0.15) is 0 Å². The van der Waals surface area contributed by atoms with Crippen LogP contribution in [0.15, 0.2) is 59.6 Å². The van der Waals surface area contributed by atoms with E-state index in [-0.39, 0.29) is 0 Å². The van der Waals surface area contributed by atoms with Gasteiger partial charge in [0.15, 0.2) is 5.96 Å². The molecule has 2 aromatic carbocycles. The molecule has 0 heterocycles. The van der Waals surface area contributed by atoms with Gasteiger partial charge in [-0.2, -0.15) is 0 Å². The third-order valence-corrected chi connectivity index (χ3v) is 3.60. The maximum atomic E-state index is 5.88. The first-order valence-corrected chi connectivity index (χ1v) is 8.13. The molecular formula is C18H23ClN4. The molecule has 5 heteroatoms. The number of halogens is 1. The number of nitrogens with one attached hydrogen (secondary N) is 3. The summed E-state index contributed by atoms with van der Waals surface area (Å²) in [7, 11) is 1.78. The van der Waals surface area contributed by atoms with Gasteiger partial charge >= 0.3 is 0 Å².